The minimum atomic E-state index is 0.0128. The maximum atomic E-state index is 8.96. The number of ether oxygens (including phenoxy) is 1. The van der Waals surface area contributed by atoms with Crippen molar-refractivity contribution in [3.8, 4) is 5.75 Å². The van der Waals surface area contributed by atoms with Crippen molar-refractivity contribution < 1.29 is 9.84 Å². The van der Waals surface area contributed by atoms with Crippen molar-refractivity contribution in [3.05, 3.63) is 29.8 Å². The predicted molar refractivity (Wildman–Crippen MR) is 99.1 cm³/mol. The van der Waals surface area contributed by atoms with Crippen molar-refractivity contribution in [2.24, 2.45) is 0 Å². The van der Waals surface area contributed by atoms with Crippen LogP contribution in [0.15, 0.2) is 24.3 Å². The minimum absolute atomic E-state index is 0.0128. The zero-order chi connectivity index (χ0) is 17.9. The zero-order valence-electron chi connectivity index (χ0n) is 14.7. The number of anilines is 3. The first-order valence-electron chi connectivity index (χ1n) is 8.46. The fourth-order valence-corrected chi connectivity index (χ4v) is 2.08. The van der Waals surface area contributed by atoms with E-state index >= 15 is 0 Å². The molecular formula is C17H26N6O2. The van der Waals surface area contributed by atoms with Gasteiger partial charge in [-0.15, -0.1) is 0 Å². The van der Waals surface area contributed by atoms with Crippen LogP contribution in [-0.4, -0.2) is 46.9 Å². The van der Waals surface area contributed by atoms with E-state index in [2.05, 4.69) is 37.8 Å². The first kappa shape index (κ1) is 18.7. The van der Waals surface area contributed by atoms with E-state index in [4.69, 9.17) is 9.84 Å². The summed E-state index contributed by atoms with van der Waals surface area (Å²) in [5, 5.41) is 18.3. The first-order valence-corrected chi connectivity index (χ1v) is 8.46. The highest BCUT2D eigenvalue weighted by molar-refractivity contribution is 5.42. The van der Waals surface area contributed by atoms with Gasteiger partial charge in [-0.05, 0) is 24.1 Å². The van der Waals surface area contributed by atoms with Crippen molar-refractivity contribution in [2.75, 3.05) is 42.8 Å². The summed E-state index contributed by atoms with van der Waals surface area (Å²) in [7, 11) is 1.64. The van der Waals surface area contributed by atoms with Crippen LogP contribution >= 0.6 is 0 Å². The molecule has 0 saturated heterocycles. The number of unbranched alkanes of at least 4 members (excludes halogenated alkanes) is 1. The molecule has 0 unspecified atom stereocenters. The van der Waals surface area contributed by atoms with Crippen molar-refractivity contribution in [2.45, 2.75) is 26.3 Å². The summed E-state index contributed by atoms with van der Waals surface area (Å²) < 4.78 is 5.16. The molecule has 0 atom stereocenters. The van der Waals surface area contributed by atoms with Gasteiger partial charge in [-0.3, -0.25) is 0 Å². The van der Waals surface area contributed by atoms with Gasteiger partial charge in [0.25, 0.3) is 0 Å². The summed E-state index contributed by atoms with van der Waals surface area (Å²) in [6.07, 6.45) is 2.13. The summed E-state index contributed by atoms with van der Waals surface area (Å²) in [4.78, 5) is 13.0. The number of aliphatic hydroxyl groups is 1. The van der Waals surface area contributed by atoms with Crippen LogP contribution in [0, 0.1) is 0 Å². The Kier molecular flexibility index (Phi) is 7.71. The third-order valence-electron chi connectivity index (χ3n) is 3.45. The number of aliphatic hydroxyl groups excluding tert-OH is 1. The van der Waals surface area contributed by atoms with E-state index < -0.39 is 0 Å². The molecular weight excluding hydrogens is 320 g/mol. The molecule has 0 radical (unpaired) electrons. The lowest BCUT2D eigenvalue weighted by Gasteiger charge is -2.11. The van der Waals surface area contributed by atoms with Gasteiger partial charge in [0.2, 0.25) is 17.8 Å². The Bertz CT molecular complexity index is 636. The second kappa shape index (κ2) is 10.3. The van der Waals surface area contributed by atoms with Gasteiger partial charge in [0.05, 0.1) is 13.7 Å². The van der Waals surface area contributed by atoms with Crippen LogP contribution in [0.25, 0.3) is 0 Å². The number of hydrogen-bond donors (Lipinski definition) is 4. The van der Waals surface area contributed by atoms with Gasteiger partial charge in [-0.1, -0.05) is 25.5 Å². The number of hydrogen-bond acceptors (Lipinski definition) is 8. The molecule has 0 amide bonds. The number of nitrogens with one attached hydrogen (secondary N) is 3. The lowest BCUT2D eigenvalue weighted by Crippen LogP contribution is -2.14. The van der Waals surface area contributed by atoms with Crippen LogP contribution in [0.4, 0.5) is 17.8 Å². The summed E-state index contributed by atoms with van der Waals surface area (Å²) in [5.74, 6) is 2.24. The van der Waals surface area contributed by atoms with Crippen LogP contribution in [0.3, 0.4) is 0 Å². The van der Waals surface area contributed by atoms with Crippen LogP contribution < -0.4 is 20.7 Å². The largest absolute Gasteiger partial charge is 0.497 e. The molecule has 1 heterocycles. The first-order chi connectivity index (χ1) is 12.2. The van der Waals surface area contributed by atoms with E-state index in [1.165, 1.54) is 0 Å². The summed E-state index contributed by atoms with van der Waals surface area (Å²) >= 11 is 0. The molecule has 136 valence electrons. The highest BCUT2D eigenvalue weighted by atomic mass is 16.5. The number of benzene rings is 1. The van der Waals surface area contributed by atoms with E-state index in [1.807, 2.05) is 24.3 Å². The smallest absolute Gasteiger partial charge is 0.229 e. The lowest BCUT2D eigenvalue weighted by atomic mass is 10.2. The Morgan fingerprint density at radius 1 is 0.920 bits per heavy atom. The maximum absolute atomic E-state index is 8.96. The summed E-state index contributed by atoms with van der Waals surface area (Å²) in [5.41, 5.74) is 1.09. The third kappa shape index (κ3) is 6.42. The molecule has 0 aliphatic carbocycles. The average Bonchev–Trinajstić information content (AvgIpc) is 2.65. The normalized spacial score (nSPS) is 10.4. The van der Waals surface area contributed by atoms with Gasteiger partial charge in [-0.25, -0.2) is 0 Å². The van der Waals surface area contributed by atoms with E-state index in [0.717, 1.165) is 30.7 Å². The highest BCUT2D eigenvalue weighted by Gasteiger charge is 2.06. The molecule has 8 nitrogen and oxygen atoms in total. The highest BCUT2D eigenvalue weighted by Crippen LogP contribution is 2.14. The van der Waals surface area contributed by atoms with Crippen LogP contribution in [0.1, 0.15) is 25.3 Å². The topological polar surface area (TPSA) is 104 Å². The van der Waals surface area contributed by atoms with Crippen molar-refractivity contribution in [3.63, 3.8) is 0 Å². The summed E-state index contributed by atoms with van der Waals surface area (Å²) in [6, 6.07) is 7.80. The molecule has 4 N–H and O–H groups in total. The Labute approximate surface area is 148 Å². The fourth-order valence-electron chi connectivity index (χ4n) is 2.08. The molecule has 2 aromatic rings. The van der Waals surface area contributed by atoms with E-state index in [-0.39, 0.29) is 6.61 Å². The van der Waals surface area contributed by atoms with Gasteiger partial charge in [0.1, 0.15) is 5.75 Å². The fraction of sp³-hybridized carbons (Fsp3) is 0.471. The van der Waals surface area contributed by atoms with Gasteiger partial charge in [0, 0.05) is 19.6 Å². The Morgan fingerprint density at radius 3 is 2.08 bits per heavy atom. The van der Waals surface area contributed by atoms with Gasteiger partial charge in [0.15, 0.2) is 0 Å². The molecule has 25 heavy (non-hydrogen) atoms. The molecule has 0 aliphatic rings. The van der Waals surface area contributed by atoms with Crippen LogP contribution in [0.2, 0.25) is 0 Å². The second-order valence-corrected chi connectivity index (χ2v) is 5.44. The number of methoxy groups -OCH3 is 1. The van der Waals surface area contributed by atoms with Gasteiger partial charge in [-0.2, -0.15) is 15.0 Å². The van der Waals surface area contributed by atoms with Crippen LogP contribution in [-0.2, 0) is 6.54 Å². The number of rotatable bonds is 11. The van der Waals surface area contributed by atoms with E-state index in [1.54, 1.807) is 7.11 Å². The van der Waals surface area contributed by atoms with Gasteiger partial charge < -0.3 is 25.8 Å². The molecule has 8 heteroatoms. The average molecular weight is 346 g/mol. The Morgan fingerprint density at radius 2 is 1.52 bits per heavy atom. The molecule has 0 fully saturated rings. The summed E-state index contributed by atoms with van der Waals surface area (Å²) in [6.45, 7) is 3.92. The standard InChI is InChI=1S/C17H26N6O2/c1-3-4-9-18-15-21-16(19-10-11-24)23-17(22-15)20-12-13-5-7-14(25-2)8-6-13/h5-8,24H,3-4,9-12H2,1-2H3,(H3,18,19,20,21,22,23). The predicted octanol–water partition coefficient (Wildman–Crippen LogP) is 2.11. The third-order valence-corrected chi connectivity index (χ3v) is 3.45. The number of nitrogens with zero attached hydrogens (tertiary/aromatic N) is 3. The molecule has 0 bridgehead atoms. The second-order valence-electron chi connectivity index (χ2n) is 5.44. The minimum Gasteiger partial charge on any atom is -0.497 e. The van der Waals surface area contributed by atoms with Gasteiger partial charge >= 0.3 is 0 Å². The van der Waals surface area contributed by atoms with Crippen molar-refractivity contribution >= 4 is 17.8 Å². The zero-order valence-corrected chi connectivity index (χ0v) is 14.7. The monoisotopic (exact) mass is 346 g/mol. The SMILES string of the molecule is CCCCNc1nc(NCCO)nc(NCc2ccc(OC)cc2)n1. The maximum Gasteiger partial charge on any atom is 0.229 e. The Hall–Kier alpha value is -2.61. The molecule has 1 aromatic heterocycles. The van der Waals surface area contributed by atoms with Crippen molar-refractivity contribution in [1.29, 1.82) is 0 Å². The molecule has 1 aromatic carbocycles. The molecule has 0 saturated carbocycles. The van der Waals surface area contributed by atoms with Crippen molar-refractivity contribution in [1.82, 2.24) is 15.0 Å². The van der Waals surface area contributed by atoms with E-state index in [9.17, 15) is 0 Å². The van der Waals surface area contributed by atoms with Crippen LogP contribution in [0.5, 0.6) is 5.75 Å². The number of aromatic nitrogens is 3. The molecule has 0 spiro atoms. The molecule has 2 rings (SSSR count). The lowest BCUT2D eigenvalue weighted by molar-refractivity contribution is 0.311. The van der Waals surface area contributed by atoms with E-state index in [0.29, 0.717) is 30.9 Å². The quantitative estimate of drug-likeness (QED) is 0.459. The molecule has 0 aliphatic heterocycles. The Balaban J connectivity index is 2.03.